The van der Waals surface area contributed by atoms with Crippen LogP contribution < -0.4 is 5.32 Å². The van der Waals surface area contributed by atoms with Crippen LogP contribution >= 0.6 is 0 Å². The highest BCUT2D eigenvalue weighted by atomic mass is 19.4. The van der Waals surface area contributed by atoms with Gasteiger partial charge in [0, 0.05) is 18.2 Å². The minimum absolute atomic E-state index is 0.00174. The predicted molar refractivity (Wildman–Crippen MR) is 61.9 cm³/mol. The summed E-state index contributed by atoms with van der Waals surface area (Å²) in [6.07, 6.45) is -5.80. The summed E-state index contributed by atoms with van der Waals surface area (Å²) in [6.45, 7) is -0.749. The van der Waals surface area contributed by atoms with E-state index in [1.807, 2.05) is 0 Å². The number of rotatable bonds is 5. The Hall–Kier alpha value is -1.21. The average molecular weight is 295 g/mol. The summed E-state index contributed by atoms with van der Waals surface area (Å²) in [5.74, 6) is -1.35. The van der Waals surface area contributed by atoms with E-state index in [4.69, 9.17) is 5.11 Å². The van der Waals surface area contributed by atoms with E-state index in [0.717, 1.165) is 31.0 Å². The van der Waals surface area contributed by atoms with Gasteiger partial charge in [0.25, 0.3) is 0 Å². The standard InChI is InChI=1S/C13H14F5NO/c14-8-3-4-10(15)9(5-8)12(7-1-2-7)19-6-11(20)13(16,17)18/h3-5,7,11-12,19-20H,1-2,6H2/t11-,12+/m1/s1. The fraction of sp³-hybridized carbons (Fsp3) is 0.538. The van der Waals surface area contributed by atoms with Crippen LogP contribution in [0.25, 0.3) is 0 Å². The van der Waals surface area contributed by atoms with Crippen molar-refractivity contribution in [1.29, 1.82) is 0 Å². The van der Waals surface area contributed by atoms with E-state index < -0.39 is 36.5 Å². The molecule has 2 atom stereocenters. The number of alkyl halides is 3. The largest absolute Gasteiger partial charge is 0.415 e. The van der Waals surface area contributed by atoms with Gasteiger partial charge in [0.15, 0.2) is 6.10 Å². The van der Waals surface area contributed by atoms with Gasteiger partial charge >= 0.3 is 6.18 Å². The average Bonchev–Trinajstić information content (AvgIpc) is 3.16. The molecule has 112 valence electrons. The number of hydrogen-bond donors (Lipinski definition) is 2. The normalized spacial score (nSPS) is 18.9. The highest BCUT2D eigenvalue weighted by Crippen LogP contribution is 2.42. The molecule has 0 bridgehead atoms. The predicted octanol–water partition coefficient (Wildman–Crippen LogP) is 2.93. The van der Waals surface area contributed by atoms with Crippen LogP contribution in [0.15, 0.2) is 18.2 Å². The maximum absolute atomic E-state index is 13.7. The lowest BCUT2D eigenvalue weighted by molar-refractivity contribution is -0.202. The Morgan fingerprint density at radius 2 is 1.90 bits per heavy atom. The van der Waals surface area contributed by atoms with Crippen LogP contribution in [0.4, 0.5) is 22.0 Å². The van der Waals surface area contributed by atoms with Gasteiger partial charge in [0.05, 0.1) is 0 Å². The van der Waals surface area contributed by atoms with Gasteiger partial charge in [-0.05, 0) is 37.0 Å². The van der Waals surface area contributed by atoms with Crippen molar-refractivity contribution in [3.8, 4) is 0 Å². The van der Waals surface area contributed by atoms with E-state index in [-0.39, 0.29) is 11.5 Å². The summed E-state index contributed by atoms with van der Waals surface area (Å²) in [5.41, 5.74) is 0.00174. The van der Waals surface area contributed by atoms with Gasteiger partial charge in [-0.15, -0.1) is 0 Å². The monoisotopic (exact) mass is 295 g/mol. The second-order valence-corrected chi connectivity index (χ2v) is 4.95. The number of benzene rings is 1. The molecule has 0 spiro atoms. The molecule has 7 heteroatoms. The molecule has 0 aromatic heterocycles. The fourth-order valence-corrected chi connectivity index (χ4v) is 2.07. The summed E-state index contributed by atoms with van der Waals surface area (Å²) in [6, 6.07) is 2.16. The lowest BCUT2D eigenvalue weighted by Crippen LogP contribution is -2.40. The maximum Gasteiger partial charge on any atom is 0.415 e. The van der Waals surface area contributed by atoms with E-state index in [9.17, 15) is 22.0 Å². The zero-order chi connectivity index (χ0) is 14.9. The van der Waals surface area contributed by atoms with E-state index >= 15 is 0 Å². The van der Waals surface area contributed by atoms with Crippen molar-refractivity contribution in [2.45, 2.75) is 31.2 Å². The molecule has 0 radical (unpaired) electrons. The molecular formula is C13H14F5NO. The van der Waals surface area contributed by atoms with Crippen molar-refractivity contribution in [1.82, 2.24) is 5.32 Å². The Bertz CT molecular complexity index is 472. The maximum atomic E-state index is 13.7. The highest BCUT2D eigenvalue weighted by molar-refractivity contribution is 5.24. The minimum Gasteiger partial charge on any atom is -0.382 e. The first-order valence-electron chi connectivity index (χ1n) is 6.22. The molecule has 1 aromatic rings. The first kappa shape index (κ1) is 15.2. The van der Waals surface area contributed by atoms with Gasteiger partial charge in [-0.3, -0.25) is 0 Å². The SMILES string of the molecule is O[C@H](CN[C@H](c1cc(F)ccc1F)C1CC1)C(F)(F)F. The number of halogens is 5. The third-order valence-electron chi connectivity index (χ3n) is 3.30. The van der Waals surface area contributed by atoms with Crippen molar-refractivity contribution >= 4 is 0 Å². The van der Waals surface area contributed by atoms with Crippen molar-refractivity contribution < 1.29 is 27.1 Å². The molecule has 0 saturated heterocycles. The molecular weight excluding hydrogens is 281 g/mol. The summed E-state index contributed by atoms with van der Waals surface area (Å²) in [4.78, 5) is 0. The molecule has 2 N–H and O–H groups in total. The molecule has 0 unspecified atom stereocenters. The number of nitrogens with one attached hydrogen (secondary N) is 1. The first-order valence-corrected chi connectivity index (χ1v) is 6.22. The van der Waals surface area contributed by atoms with E-state index in [1.165, 1.54) is 0 Å². The summed E-state index contributed by atoms with van der Waals surface area (Å²) < 4.78 is 63.5. The molecule has 1 aliphatic rings. The van der Waals surface area contributed by atoms with Crippen molar-refractivity contribution in [2.75, 3.05) is 6.54 Å². The zero-order valence-corrected chi connectivity index (χ0v) is 10.4. The van der Waals surface area contributed by atoms with Gasteiger partial charge in [0.1, 0.15) is 11.6 Å². The van der Waals surface area contributed by atoms with Gasteiger partial charge < -0.3 is 10.4 Å². The quantitative estimate of drug-likeness (QED) is 0.819. The Balaban J connectivity index is 2.10. The summed E-state index contributed by atoms with van der Waals surface area (Å²) >= 11 is 0. The second-order valence-electron chi connectivity index (χ2n) is 4.95. The van der Waals surface area contributed by atoms with Crippen LogP contribution in [-0.2, 0) is 0 Å². The second kappa shape index (κ2) is 5.65. The first-order chi connectivity index (χ1) is 9.29. The van der Waals surface area contributed by atoms with Crippen molar-refractivity contribution in [2.24, 2.45) is 5.92 Å². The van der Waals surface area contributed by atoms with Crippen molar-refractivity contribution in [3.05, 3.63) is 35.4 Å². The van der Waals surface area contributed by atoms with E-state index in [2.05, 4.69) is 5.32 Å². The Labute approximate surface area is 112 Å². The van der Waals surface area contributed by atoms with Gasteiger partial charge in [0.2, 0.25) is 0 Å². The van der Waals surface area contributed by atoms with Crippen LogP contribution in [0.1, 0.15) is 24.4 Å². The van der Waals surface area contributed by atoms with Crippen LogP contribution in [0.2, 0.25) is 0 Å². The zero-order valence-electron chi connectivity index (χ0n) is 10.4. The third kappa shape index (κ3) is 3.67. The lowest BCUT2D eigenvalue weighted by Gasteiger charge is -2.22. The Kier molecular flexibility index (Phi) is 4.29. The van der Waals surface area contributed by atoms with Gasteiger partial charge in [-0.25, -0.2) is 8.78 Å². The topological polar surface area (TPSA) is 32.3 Å². The number of aliphatic hydroxyl groups excluding tert-OH is 1. The smallest absolute Gasteiger partial charge is 0.382 e. The number of hydrogen-bond acceptors (Lipinski definition) is 2. The molecule has 0 amide bonds. The molecule has 1 fully saturated rings. The lowest BCUT2D eigenvalue weighted by atomic mass is 10.0. The molecule has 2 rings (SSSR count). The summed E-state index contributed by atoms with van der Waals surface area (Å²) in [5, 5.41) is 11.4. The Morgan fingerprint density at radius 1 is 1.25 bits per heavy atom. The highest BCUT2D eigenvalue weighted by Gasteiger charge is 2.40. The summed E-state index contributed by atoms with van der Waals surface area (Å²) in [7, 11) is 0. The van der Waals surface area contributed by atoms with E-state index in [1.54, 1.807) is 0 Å². The third-order valence-corrected chi connectivity index (χ3v) is 3.30. The molecule has 0 heterocycles. The van der Waals surface area contributed by atoms with Crippen LogP contribution in [-0.4, -0.2) is 23.9 Å². The molecule has 0 aliphatic heterocycles. The van der Waals surface area contributed by atoms with E-state index in [0.29, 0.717) is 0 Å². The van der Waals surface area contributed by atoms with Gasteiger partial charge in [-0.2, -0.15) is 13.2 Å². The molecule has 2 nitrogen and oxygen atoms in total. The van der Waals surface area contributed by atoms with Crippen LogP contribution in [0.3, 0.4) is 0 Å². The molecule has 1 aliphatic carbocycles. The van der Waals surface area contributed by atoms with Gasteiger partial charge in [-0.1, -0.05) is 0 Å². The minimum atomic E-state index is -4.73. The van der Waals surface area contributed by atoms with Crippen LogP contribution in [0, 0.1) is 17.6 Å². The van der Waals surface area contributed by atoms with Crippen LogP contribution in [0.5, 0.6) is 0 Å². The fourth-order valence-electron chi connectivity index (χ4n) is 2.07. The number of aliphatic hydroxyl groups is 1. The Morgan fingerprint density at radius 3 is 2.45 bits per heavy atom. The molecule has 1 aromatic carbocycles. The molecule has 1 saturated carbocycles. The van der Waals surface area contributed by atoms with Crippen molar-refractivity contribution in [3.63, 3.8) is 0 Å². The molecule has 20 heavy (non-hydrogen) atoms.